The Kier molecular flexibility index (Phi) is 5.62. The van der Waals surface area contributed by atoms with Crippen molar-refractivity contribution in [3.63, 3.8) is 0 Å². The van der Waals surface area contributed by atoms with E-state index in [1.165, 1.54) is 65.0 Å². The molecule has 1 unspecified atom stereocenters. The minimum absolute atomic E-state index is 0.183. The molecular weight excluding hydrogens is 508 g/mol. The Labute approximate surface area is 245 Å². The second-order valence-electron chi connectivity index (χ2n) is 11.7. The van der Waals surface area contributed by atoms with Crippen molar-refractivity contribution in [2.45, 2.75) is 26.2 Å². The van der Waals surface area contributed by atoms with Gasteiger partial charge in [0.05, 0.1) is 5.92 Å². The van der Waals surface area contributed by atoms with Crippen LogP contribution in [0.5, 0.6) is 0 Å². The van der Waals surface area contributed by atoms with Crippen LogP contribution in [0.2, 0.25) is 0 Å². The maximum Gasteiger partial charge on any atom is 0.166 e. The molecule has 42 heavy (non-hydrogen) atoms. The summed E-state index contributed by atoms with van der Waals surface area (Å²) in [5, 5.41) is 13.5. The molecule has 0 bridgehead atoms. The Morgan fingerprint density at radius 2 is 1.10 bits per heavy atom. The Balaban J connectivity index is 1.33. The third-order valence-corrected chi connectivity index (χ3v) is 9.32. The quantitative estimate of drug-likeness (QED) is 0.199. The lowest BCUT2D eigenvalue weighted by atomic mass is 9.82. The molecule has 1 nitrogen and oxygen atoms in total. The minimum atomic E-state index is -0.290. The maximum atomic E-state index is 14.7. The molecule has 1 atom stereocenters. The molecule has 0 aliphatic carbocycles. The smallest absolute Gasteiger partial charge is 0.166 e. The molecule has 0 amide bonds. The van der Waals surface area contributed by atoms with Crippen LogP contribution >= 0.6 is 0 Å². The molecule has 0 aliphatic rings. The number of hydrogen-bond acceptors (Lipinski definition) is 1. The molecule has 0 saturated heterocycles. The summed E-state index contributed by atoms with van der Waals surface area (Å²) < 4.78 is 0. The molecule has 0 N–H and O–H groups in total. The highest BCUT2D eigenvalue weighted by Crippen LogP contribution is 2.38. The number of carbonyl (C=O) groups excluding carboxylic acids is 1. The molecular formula is C41H30O. The van der Waals surface area contributed by atoms with E-state index >= 15 is 0 Å². The van der Waals surface area contributed by atoms with Crippen molar-refractivity contribution in [1.29, 1.82) is 0 Å². The molecule has 1 heteroatoms. The van der Waals surface area contributed by atoms with Gasteiger partial charge in [-0.25, -0.2) is 0 Å². The Morgan fingerprint density at radius 3 is 1.79 bits per heavy atom. The van der Waals surface area contributed by atoms with Crippen LogP contribution in [-0.4, -0.2) is 5.78 Å². The van der Waals surface area contributed by atoms with Gasteiger partial charge in [0, 0.05) is 5.57 Å². The molecule has 0 aromatic heterocycles. The predicted octanol–water partition coefficient (Wildman–Crippen LogP) is 9.68. The third kappa shape index (κ3) is 3.74. The van der Waals surface area contributed by atoms with E-state index in [9.17, 15) is 4.79 Å². The number of carbonyl (C=O) groups is 1. The van der Waals surface area contributed by atoms with E-state index in [0.29, 0.717) is 6.42 Å². The molecule has 8 aromatic rings. The molecule has 200 valence electrons. The van der Waals surface area contributed by atoms with Crippen molar-refractivity contribution < 1.29 is 4.79 Å². The topological polar surface area (TPSA) is 17.1 Å². The van der Waals surface area contributed by atoms with E-state index in [2.05, 4.69) is 116 Å². The fraction of sp³-hybridized carbons (Fsp3) is 0.0976. The van der Waals surface area contributed by atoms with Gasteiger partial charge in [-0.3, -0.25) is 4.79 Å². The zero-order valence-corrected chi connectivity index (χ0v) is 23.8. The van der Waals surface area contributed by atoms with Crippen molar-refractivity contribution in [3.8, 4) is 0 Å². The number of aryl methyl sites for hydroxylation is 1. The monoisotopic (exact) mass is 538 g/mol. The van der Waals surface area contributed by atoms with Gasteiger partial charge in [-0.2, -0.15) is 0 Å². The first-order valence-electron chi connectivity index (χ1n) is 14.7. The summed E-state index contributed by atoms with van der Waals surface area (Å²) in [6.07, 6.45) is 0.644. The minimum Gasteiger partial charge on any atom is -0.294 e. The van der Waals surface area contributed by atoms with Crippen LogP contribution < -0.4 is 5.22 Å². The molecule has 8 rings (SSSR count). The number of Topliss-reactive ketones (excluding diaryl/α,β-unsaturated/α-hetero) is 1. The third-order valence-electron chi connectivity index (χ3n) is 9.32. The van der Waals surface area contributed by atoms with E-state index < -0.39 is 0 Å². The lowest BCUT2D eigenvalue weighted by Crippen LogP contribution is -2.21. The first kappa shape index (κ1) is 24.8. The lowest BCUT2D eigenvalue weighted by molar-refractivity contribution is -0.115. The standard InChI is InChI=1S/C41H30O/c1-25-14-15-28-10-6-12-30-20-22-34(37(25)38(28)30)26(2)41(42)36(27-8-4-3-5-9-27)24-33-19-18-32-17-16-29-11-7-13-31-21-23-35(33)40(32)39(29)31/h3-23,36H,24H2,1-2H3/b34-26+. The van der Waals surface area contributed by atoms with Gasteiger partial charge in [-0.1, -0.05) is 127 Å². The largest absolute Gasteiger partial charge is 0.294 e. The van der Waals surface area contributed by atoms with Gasteiger partial charge < -0.3 is 0 Å². The number of benzene rings is 8. The number of hydrogen-bond donors (Lipinski definition) is 0. The first-order valence-corrected chi connectivity index (χ1v) is 14.7. The second kappa shape index (κ2) is 9.53. The zero-order chi connectivity index (χ0) is 28.4. The fourth-order valence-electron chi connectivity index (χ4n) is 7.20. The SMILES string of the molecule is C/C(C(=O)C(Cc1ccc2ccc3cccc4ccc1c2c34)c1ccccc1)=c1/ccc2cccc3ccc(C)c1c32. The van der Waals surface area contributed by atoms with E-state index in [1.54, 1.807) is 0 Å². The van der Waals surface area contributed by atoms with Crippen LogP contribution in [0.1, 0.15) is 29.5 Å². The first-order chi connectivity index (χ1) is 20.6. The van der Waals surface area contributed by atoms with Gasteiger partial charge in [-0.15, -0.1) is 0 Å². The van der Waals surface area contributed by atoms with Gasteiger partial charge in [0.15, 0.2) is 5.78 Å². The predicted molar refractivity (Wildman–Crippen MR) is 179 cm³/mol. The van der Waals surface area contributed by atoms with Crippen LogP contribution in [-0.2, 0) is 11.2 Å². The van der Waals surface area contributed by atoms with E-state index in [4.69, 9.17) is 0 Å². The molecule has 8 aromatic carbocycles. The van der Waals surface area contributed by atoms with Crippen LogP contribution in [0.25, 0.3) is 59.4 Å². The summed E-state index contributed by atoms with van der Waals surface area (Å²) >= 11 is 0. The van der Waals surface area contributed by atoms with Gasteiger partial charge >= 0.3 is 0 Å². The van der Waals surface area contributed by atoms with Gasteiger partial charge in [0.1, 0.15) is 0 Å². The molecule has 0 spiro atoms. The average Bonchev–Trinajstić information content (AvgIpc) is 3.04. The summed E-state index contributed by atoms with van der Waals surface area (Å²) in [6.45, 7) is 4.18. The van der Waals surface area contributed by atoms with Crippen molar-refractivity contribution in [2.24, 2.45) is 0 Å². The van der Waals surface area contributed by atoms with Crippen LogP contribution in [0.15, 0.2) is 127 Å². The highest BCUT2D eigenvalue weighted by molar-refractivity contribution is 6.24. The summed E-state index contributed by atoms with van der Waals surface area (Å²) in [6, 6.07) is 45.3. The molecule has 0 fully saturated rings. The Bertz CT molecular complexity index is 2330. The fourth-order valence-corrected chi connectivity index (χ4v) is 7.20. The maximum absolute atomic E-state index is 14.7. The van der Waals surface area contributed by atoms with Gasteiger partial charge in [0.2, 0.25) is 0 Å². The van der Waals surface area contributed by atoms with Crippen LogP contribution in [0, 0.1) is 6.92 Å². The molecule has 0 heterocycles. The summed E-state index contributed by atoms with van der Waals surface area (Å²) in [5.41, 5.74) is 4.29. The normalized spacial score (nSPS) is 13.5. The van der Waals surface area contributed by atoms with Crippen LogP contribution in [0.4, 0.5) is 0 Å². The highest BCUT2D eigenvalue weighted by atomic mass is 16.1. The van der Waals surface area contributed by atoms with Crippen LogP contribution in [0.3, 0.4) is 0 Å². The second-order valence-corrected chi connectivity index (χ2v) is 11.7. The van der Waals surface area contributed by atoms with Crippen molar-refractivity contribution in [3.05, 3.63) is 149 Å². The van der Waals surface area contributed by atoms with Gasteiger partial charge in [-0.05, 0) is 96.0 Å². The Morgan fingerprint density at radius 1 is 0.548 bits per heavy atom. The Hall–Kier alpha value is -5.01. The van der Waals surface area contributed by atoms with E-state index in [-0.39, 0.29) is 11.7 Å². The number of ketones is 1. The van der Waals surface area contributed by atoms with Gasteiger partial charge in [0.25, 0.3) is 0 Å². The lowest BCUT2D eigenvalue weighted by Gasteiger charge is -2.20. The summed E-state index contributed by atoms with van der Waals surface area (Å²) in [4.78, 5) is 14.7. The number of rotatable bonds is 5. The van der Waals surface area contributed by atoms with E-state index in [1.807, 2.05) is 25.1 Å². The molecule has 0 radical (unpaired) electrons. The van der Waals surface area contributed by atoms with Crippen molar-refractivity contribution in [2.75, 3.05) is 0 Å². The highest BCUT2D eigenvalue weighted by Gasteiger charge is 2.25. The summed E-state index contributed by atoms with van der Waals surface area (Å²) in [5.74, 6) is -0.107. The zero-order valence-electron chi connectivity index (χ0n) is 23.8. The van der Waals surface area contributed by atoms with E-state index in [0.717, 1.165) is 16.4 Å². The molecule has 0 aliphatic heterocycles. The summed E-state index contributed by atoms with van der Waals surface area (Å²) in [7, 11) is 0. The average molecular weight is 539 g/mol. The molecule has 0 saturated carbocycles. The van der Waals surface area contributed by atoms with Crippen molar-refractivity contribution >= 4 is 65.2 Å². The van der Waals surface area contributed by atoms with Crippen molar-refractivity contribution in [1.82, 2.24) is 0 Å².